The van der Waals surface area contributed by atoms with Gasteiger partial charge in [-0.25, -0.2) is 4.79 Å². The van der Waals surface area contributed by atoms with E-state index < -0.39 is 17.5 Å². The van der Waals surface area contributed by atoms with Crippen LogP contribution in [0.25, 0.3) is 11.1 Å². The Bertz CT molecular complexity index is 769. The molecule has 0 unspecified atom stereocenters. The molecule has 0 amide bonds. The van der Waals surface area contributed by atoms with Crippen LogP contribution in [-0.4, -0.2) is 24.5 Å². The van der Waals surface area contributed by atoms with Gasteiger partial charge >= 0.3 is 11.9 Å². The summed E-state index contributed by atoms with van der Waals surface area (Å²) < 4.78 is 32.6. The third kappa shape index (κ3) is 3.06. The number of carboxylic acids is 1. The van der Waals surface area contributed by atoms with Gasteiger partial charge in [-0.3, -0.25) is 4.79 Å². The largest absolute Gasteiger partial charge is 0.496 e. The number of alkyl halides is 2. The van der Waals surface area contributed by atoms with Crippen LogP contribution in [0.4, 0.5) is 8.78 Å². The van der Waals surface area contributed by atoms with Gasteiger partial charge in [0.1, 0.15) is 5.75 Å². The molecule has 0 aliphatic rings. The van der Waals surface area contributed by atoms with Crippen LogP contribution in [0, 0.1) is 6.92 Å². The lowest BCUT2D eigenvalue weighted by Gasteiger charge is -2.16. The van der Waals surface area contributed by atoms with Crippen LogP contribution in [-0.2, 0) is 10.7 Å². The van der Waals surface area contributed by atoms with Crippen LogP contribution in [0.2, 0.25) is 0 Å². The van der Waals surface area contributed by atoms with Gasteiger partial charge in [0.05, 0.1) is 7.11 Å². The van der Waals surface area contributed by atoms with Crippen molar-refractivity contribution in [2.24, 2.45) is 0 Å². The zero-order valence-corrected chi connectivity index (χ0v) is 12.5. The maximum absolute atomic E-state index is 13.7. The van der Waals surface area contributed by atoms with Crippen molar-refractivity contribution < 1.29 is 28.2 Å². The molecule has 1 N–H and O–H groups in total. The molecule has 2 aromatic rings. The summed E-state index contributed by atoms with van der Waals surface area (Å²) in [6.07, 6.45) is 0.615. The van der Waals surface area contributed by atoms with Crippen LogP contribution in [0.3, 0.4) is 0 Å². The van der Waals surface area contributed by atoms with Gasteiger partial charge in [0.15, 0.2) is 6.29 Å². The maximum atomic E-state index is 13.7. The average molecular weight is 320 g/mol. The second-order valence-electron chi connectivity index (χ2n) is 5.00. The van der Waals surface area contributed by atoms with Crippen molar-refractivity contribution in [1.82, 2.24) is 0 Å². The Morgan fingerprint density at radius 3 is 2.43 bits per heavy atom. The quantitative estimate of drug-likeness (QED) is 0.854. The molecule has 6 heteroatoms. The van der Waals surface area contributed by atoms with Gasteiger partial charge in [0.25, 0.3) is 0 Å². The first-order chi connectivity index (χ1) is 10.8. The van der Waals surface area contributed by atoms with Gasteiger partial charge in [-0.15, -0.1) is 0 Å². The number of carboxylic acid groups (broad SMARTS) is 1. The summed E-state index contributed by atoms with van der Waals surface area (Å²) >= 11 is 0. The molecule has 0 bridgehead atoms. The van der Waals surface area contributed by atoms with Crippen molar-refractivity contribution in [2.45, 2.75) is 12.8 Å². The van der Waals surface area contributed by atoms with Crippen LogP contribution in [0.15, 0.2) is 36.4 Å². The smallest absolute Gasteiger partial charge is 0.379 e. The number of halogens is 2. The highest BCUT2D eigenvalue weighted by atomic mass is 19.3. The first-order valence-electron chi connectivity index (χ1n) is 6.67. The molecule has 0 aliphatic heterocycles. The van der Waals surface area contributed by atoms with Gasteiger partial charge in [0, 0.05) is 16.7 Å². The summed E-state index contributed by atoms with van der Waals surface area (Å²) in [4.78, 5) is 22.0. The first kappa shape index (κ1) is 16.6. The minimum Gasteiger partial charge on any atom is -0.496 e. The Hall–Kier alpha value is -2.76. The van der Waals surface area contributed by atoms with E-state index >= 15 is 0 Å². The predicted octanol–water partition coefficient (Wildman–Crippen LogP) is 3.66. The van der Waals surface area contributed by atoms with Crippen LogP contribution >= 0.6 is 0 Å². The molecule has 0 saturated carbocycles. The fourth-order valence-corrected chi connectivity index (χ4v) is 2.26. The number of benzene rings is 2. The molecule has 0 aromatic heterocycles. The number of rotatable bonds is 5. The van der Waals surface area contributed by atoms with Crippen molar-refractivity contribution in [3.63, 3.8) is 0 Å². The number of aldehydes is 1. The Labute approximate surface area is 131 Å². The van der Waals surface area contributed by atoms with Crippen LogP contribution in [0.1, 0.15) is 21.5 Å². The summed E-state index contributed by atoms with van der Waals surface area (Å²) in [6.45, 7) is 1.79. The van der Waals surface area contributed by atoms with E-state index in [0.717, 1.165) is 17.7 Å². The van der Waals surface area contributed by atoms with Crippen LogP contribution in [0.5, 0.6) is 5.75 Å². The standard InChI is InChI=1S/C17H14F2O4/c1-10-3-5-13(11(7-10)9-20)14-8-12(4-6-15(14)23-2)17(18,19)16(21)22/h3-9H,1-2H3,(H,21,22). The number of aliphatic carboxylic acids is 1. The molecular weight excluding hydrogens is 306 g/mol. The van der Waals surface area contributed by atoms with E-state index in [9.17, 15) is 18.4 Å². The van der Waals surface area contributed by atoms with E-state index in [1.165, 1.54) is 13.2 Å². The van der Waals surface area contributed by atoms with E-state index in [2.05, 4.69) is 0 Å². The highest BCUT2D eigenvalue weighted by Gasteiger charge is 2.41. The highest BCUT2D eigenvalue weighted by Crippen LogP contribution is 2.37. The van der Waals surface area contributed by atoms with E-state index in [1.807, 2.05) is 0 Å². The van der Waals surface area contributed by atoms with Crippen molar-refractivity contribution in [2.75, 3.05) is 7.11 Å². The fraction of sp³-hybridized carbons (Fsp3) is 0.176. The molecule has 0 aliphatic carbocycles. The molecule has 0 saturated heterocycles. The molecule has 0 atom stereocenters. The number of aryl methyl sites for hydroxylation is 1. The minimum atomic E-state index is -4.03. The van der Waals surface area contributed by atoms with E-state index in [1.54, 1.807) is 25.1 Å². The lowest BCUT2D eigenvalue weighted by Crippen LogP contribution is -2.25. The van der Waals surface area contributed by atoms with Gasteiger partial charge < -0.3 is 9.84 Å². The molecule has 2 rings (SSSR count). The Kier molecular flexibility index (Phi) is 4.45. The minimum absolute atomic E-state index is 0.230. The molecule has 0 radical (unpaired) electrons. The molecular formula is C17H14F2O4. The Morgan fingerprint density at radius 2 is 1.87 bits per heavy atom. The molecule has 0 heterocycles. The fourth-order valence-electron chi connectivity index (χ4n) is 2.26. The van der Waals surface area contributed by atoms with Gasteiger partial charge in [-0.05, 0) is 36.8 Å². The highest BCUT2D eigenvalue weighted by molar-refractivity contribution is 5.90. The van der Waals surface area contributed by atoms with E-state index in [4.69, 9.17) is 9.84 Å². The normalized spacial score (nSPS) is 11.1. The Morgan fingerprint density at radius 1 is 1.17 bits per heavy atom. The van der Waals surface area contributed by atoms with Crippen molar-refractivity contribution >= 4 is 12.3 Å². The number of carbonyl (C=O) groups excluding carboxylic acids is 1. The second kappa shape index (κ2) is 6.16. The summed E-state index contributed by atoms with van der Waals surface area (Å²) in [5.74, 6) is -6.01. The van der Waals surface area contributed by atoms with Crippen molar-refractivity contribution in [3.05, 3.63) is 53.1 Å². The van der Waals surface area contributed by atoms with Crippen molar-refractivity contribution in [3.8, 4) is 16.9 Å². The van der Waals surface area contributed by atoms with Crippen molar-refractivity contribution in [1.29, 1.82) is 0 Å². The topological polar surface area (TPSA) is 63.6 Å². The summed E-state index contributed by atoms with van der Waals surface area (Å²) in [6, 6.07) is 8.24. The monoisotopic (exact) mass is 320 g/mol. The third-order valence-corrected chi connectivity index (χ3v) is 3.45. The number of methoxy groups -OCH3 is 1. The van der Waals surface area contributed by atoms with Gasteiger partial charge in [0.2, 0.25) is 0 Å². The molecule has 4 nitrogen and oxygen atoms in total. The number of carbonyl (C=O) groups is 2. The lowest BCUT2D eigenvalue weighted by molar-refractivity contribution is -0.166. The number of ether oxygens (including phenoxy) is 1. The molecule has 23 heavy (non-hydrogen) atoms. The molecule has 2 aromatic carbocycles. The second-order valence-corrected chi connectivity index (χ2v) is 5.00. The van der Waals surface area contributed by atoms with Crippen LogP contribution < -0.4 is 4.74 Å². The third-order valence-electron chi connectivity index (χ3n) is 3.45. The summed E-state index contributed by atoms with van der Waals surface area (Å²) in [5, 5.41) is 8.68. The Balaban J connectivity index is 2.71. The van der Waals surface area contributed by atoms with Gasteiger partial charge in [-0.2, -0.15) is 8.78 Å². The summed E-state index contributed by atoms with van der Waals surface area (Å²) in [7, 11) is 1.36. The zero-order valence-electron chi connectivity index (χ0n) is 12.5. The molecule has 120 valence electrons. The molecule has 0 spiro atoms. The molecule has 0 fully saturated rings. The SMILES string of the molecule is COc1ccc(C(F)(F)C(=O)O)cc1-c1ccc(C)cc1C=O. The number of hydrogen-bond acceptors (Lipinski definition) is 3. The zero-order chi connectivity index (χ0) is 17.2. The van der Waals surface area contributed by atoms with Gasteiger partial charge in [-0.1, -0.05) is 17.7 Å². The van der Waals surface area contributed by atoms with E-state index in [0.29, 0.717) is 17.4 Å². The average Bonchev–Trinajstić information content (AvgIpc) is 2.53. The summed E-state index contributed by atoms with van der Waals surface area (Å²) in [5.41, 5.74) is 1.08. The number of hydrogen-bond donors (Lipinski definition) is 1. The maximum Gasteiger partial charge on any atom is 0.379 e. The lowest BCUT2D eigenvalue weighted by atomic mass is 9.95. The first-order valence-corrected chi connectivity index (χ1v) is 6.67. The predicted molar refractivity (Wildman–Crippen MR) is 80.1 cm³/mol. The van der Waals surface area contributed by atoms with E-state index in [-0.39, 0.29) is 11.3 Å².